The second-order valence-electron chi connectivity index (χ2n) is 9.10. The molecule has 2 aromatic rings. The molecule has 2 saturated heterocycles. The quantitative estimate of drug-likeness (QED) is 0.547. The van der Waals surface area contributed by atoms with Crippen LogP contribution in [0.15, 0.2) is 48.5 Å². The average Bonchev–Trinajstić information content (AvgIpc) is 3.48. The van der Waals surface area contributed by atoms with Gasteiger partial charge in [0.2, 0.25) is 11.8 Å². The number of carbonyl (C=O) groups excluding carboxylic acids is 2. The van der Waals surface area contributed by atoms with Crippen LogP contribution in [0.3, 0.4) is 0 Å². The van der Waals surface area contributed by atoms with Crippen molar-refractivity contribution in [1.82, 2.24) is 9.80 Å². The van der Waals surface area contributed by atoms with Gasteiger partial charge in [-0.25, -0.2) is 0 Å². The number of amides is 2. The highest BCUT2D eigenvalue weighted by molar-refractivity contribution is 5.92. The summed E-state index contributed by atoms with van der Waals surface area (Å²) in [7, 11) is 0. The first kappa shape index (κ1) is 23.4. The number of carbonyl (C=O) groups is 2. The van der Waals surface area contributed by atoms with Gasteiger partial charge in [0, 0.05) is 17.4 Å². The molecule has 0 radical (unpaired) electrons. The zero-order chi connectivity index (χ0) is 23.0. The zero-order valence-electron chi connectivity index (χ0n) is 19.1. The van der Waals surface area contributed by atoms with Crippen LogP contribution in [-0.4, -0.2) is 72.1 Å². The van der Waals surface area contributed by atoms with Gasteiger partial charge in [-0.2, -0.15) is 0 Å². The Balaban J connectivity index is 1.23. The normalized spacial score (nSPS) is 19.0. The predicted octanol–water partition coefficient (Wildman–Crippen LogP) is 2.71. The lowest BCUT2D eigenvalue weighted by molar-refractivity contribution is -0.118. The van der Waals surface area contributed by atoms with Gasteiger partial charge in [-0.15, -0.1) is 0 Å². The Labute approximate surface area is 195 Å². The number of hydrogen-bond acceptors (Lipinski definition) is 5. The molecule has 0 saturated carbocycles. The maximum absolute atomic E-state index is 12.3. The summed E-state index contributed by atoms with van der Waals surface area (Å²) in [5, 5.41) is 15.3. The zero-order valence-corrected chi connectivity index (χ0v) is 19.1. The number of aliphatic hydroxyl groups excluding tert-OH is 1. The van der Waals surface area contributed by atoms with Gasteiger partial charge in [0.25, 0.3) is 0 Å². The van der Waals surface area contributed by atoms with Gasteiger partial charge < -0.3 is 15.7 Å². The summed E-state index contributed by atoms with van der Waals surface area (Å²) in [4.78, 5) is 28.8. The van der Waals surface area contributed by atoms with Gasteiger partial charge in [-0.05, 0) is 87.1 Å². The number of hydrogen-bond donors (Lipinski definition) is 3. The van der Waals surface area contributed by atoms with E-state index in [0.29, 0.717) is 13.1 Å². The van der Waals surface area contributed by atoms with E-state index in [4.69, 9.17) is 0 Å². The molecule has 2 heterocycles. The lowest BCUT2D eigenvalue weighted by Crippen LogP contribution is -2.38. The number of nitrogens with zero attached hydrogens (tertiary/aromatic N) is 2. The molecule has 2 aromatic carbocycles. The number of aliphatic hydroxyl groups is 1. The maximum atomic E-state index is 12.3. The summed E-state index contributed by atoms with van der Waals surface area (Å²) in [6.45, 7) is 3.76. The minimum absolute atomic E-state index is 0.0406. The standard InChI is InChI=1S/C26H34N4O3/c31-19-24-4-3-15-30(24)18-26(33)28-23-11-7-21(8-12-23)16-20-5-9-22(10-6-20)27-25(32)17-29-13-1-2-14-29/h5-12,24,31H,1-4,13-19H2,(H,27,32)(H,28,33)/t24-/m1/s1. The topological polar surface area (TPSA) is 84.9 Å². The number of benzene rings is 2. The van der Waals surface area contributed by atoms with E-state index in [0.717, 1.165) is 61.4 Å². The Morgan fingerprint density at radius 3 is 1.88 bits per heavy atom. The van der Waals surface area contributed by atoms with Crippen LogP contribution in [0.2, 0.25) is 0 Å². The molecule has 1 atom stereocenters. The first-order chi connectivity index (χ1) is 16.1. The molecule has 2 aliphatic heterocycles. The molecule has 0 unspecified atom stereocenters. The Kier molecular flexibility index (Phi) is 8.10. The van der Waals surface area contributed by atoms with E-state index in [1.165, 1.54) is 12.8 Å². The van der Waals surface area contributed by atoms with Gasteiger partial charge in [0.05, 0.1) is 19.7 Å². The second-order valence-corrected chi connectivity index (χ2v) is 9.10. The third-order valence-corrected chi connectivity index (χ3v) is 6.51. The SMILES string of the molecule is O=C(CN1CCCC1)Nc1ccc(Cc2ccc(NC(=O)CN3CCC[C@@H]3CO)cc2)cc1. The maximum Gasteiger partial charge on any atom is 0.238 e. The van der Waals surface area contributed by atoms with Crippen molar-refractivity contribution in [1.29, 1.82) is 0 Å². The number of rotatable bonds is 9. The molecule has 2 aliphatic rings. The van der Waals surface area contributed by atoms with E-state index in [1.54, 1.807) is 0 Å². The van der Waals surface area contributed by atoms with Crippen LogP contribution in [0.25, 0.3) is 0 Å². The summed E-state index contributed by atoms with van der Waals surface area (Å²) in [6, 6.07) is 16.0. The molecule has 4 rings (SSSR count). The van der Waals surface area contributed by atoms with Crippen molar-refractivity contribution < 1.29 is 14.7 Å². The number of anilines is 2. The number of likely N-dealkylation sites (tertiary alicyclic amines) is 2. The molecular weight excluding hydrogens is 416 g/mol. The van der Waals surface area contributed by atoms with Crippen LogP contribution in [-0.2, 0) is 16.0 Å². The van der Waals surface area contributed by atoms with E-state index in [2.05, 4.69) is 15.5 Å². The van der Waals surface area contributed by atoms with Gasteiger partial charge in [0.1, 0.15) is 0 Å². The van der Waals surface area contributed by atoms with Crippen LogP contribution in [0.1, 0.15) is 36.8 Å². The molecule has 0 bridgehead atoms. The van der Waals surface area contributed by atoms with Crippen molar-refractivity contribution in [3.05, 3.63) is 59.7 Å². The molecule has 2 amide bonds. The molecular formula is C26H34N4O3. The van der Waals surface area contributed by atoms with Gasteiger partial charge in [-0.3, -0.25) is 19.4 Å². The van der Waals surface area contributed by atoms with Gasteiger partial charge in [0.15, 0.2) is 0 Å². The highest BCUT2D eigenvalue weighted by atomic mass is 16.3. The Hall–Kier alpha value is -2.74. The van der Waals surface area contributed by atoms with Crippen molar-refractivity contribution in [3.63, 3.8) is 0 Å². The lowest BCUT2D eigenvalue weighted by Gasteiger charge is -2.21. The minimum Gasteiger partial charge on any atom is -0.395 e. The fourth-order valence-corrected chi connectivity index (χ4v) is 4.69. The molecule has 176 valence electrons. The summed E-state index contributed by atoms with van der Waals surface area (Å²) < 4.78 is 0. The molecule has 2 fully saturated rings. The van der Waals surface area contributed by atoms with Gasteiger partial charge >= 0.3 is 0 Å². The largest absolute Gasteiger partial charge is 0.395 e. The Morgan fingerprint density at radius 1 is 0.788 bits per heavy atom. The lowest BCUT2D eigenvalue weighted by atomic mass is 10.0. The third-order valence-electron chi connectivity index (χ3n) is 6.51. The third kappa shape index (κ3) is 6.87. The van der Waals surface area contributed by atoms with Crippen LogP contribution >= 0.6 is 0 Å². The molecule has 33 heavy (non-hydrogen) atoms. The number of nitrogens with one attached hydrogen (secondary N) is 2. The predicted molar refractivity (Wildman–Crippen MR) is 130 cm³/mol. The van der Waals surface area contributed by atoms with E-state index in [-0.39, 0.29) is 24.5 Å². The fourth-order valence-electron chi connectivity index (χ4n) is 4.69. The first-order valence-corrected chi connectivity index (χ1v) is 11.9. The molecule has 7 heteroatoms. The van der Waals surface area contributed by atoms with E-state index in [1.807, 2.05) is 53.4 Å². The molecule has 0 aliphatic carbocycles. The fraction of sp³-hybridized carbons (Fsp3) is 0.462. The summed E-state index contributed by atoms with van der Waals surface area (Å²) in [6.07, 6.45) is 5.11. The monoisotopic (exact) mass is 450 g/mol. The highest BCUT2D eigenvalue weighted by Gasteiger charge is 2.25. The molecule has 0 aromatic heterocycles. The summed E-state index contributed by atoms with van der Waals surface area (Å²) in [5.41, 5.74) is 3.91. The van der Waals surface area contributed by atoms with Crippen molar-refractivity contribution >= 4 is 23.2 Å². The smallest absolute Gasteiger partial charge is 0.238 e. The second kappa shape index (κ2) is 11.4. The van der Waals surface area contributed by atoms with E-state index >= 15 is 0 Å². The van der Waals surface area contributed by atoms with Crippen molar-refractivity contribution in [2.24, 2.45) is 0 Å². The average molecular weight is 451 g/mol. The van der Waals surface area contributed by atoms with Crippen molar-refractivity contribution in [2.75, 3.05) is 50.0 Å². The summed E-state index contributed by atoms with van der Waals surface area (Å²) >= 11 is 0. The van der Waals surface area contributed by atoms with Crippen LogP contribution in [0, 0.1) is 0 Å². The van der Waals surface area contributed by atoms with Crippen molar-refractivity contribution in [3.8, 4) is 0 Å². The molecule has 3 N–H and O–H groups in total. The Bertz CT molecular complexity index is 924. The summed E-state index contributed by atoms with van der Waals surface area (Å²) in [5.74, 6) is -0.00985. The van der Waals surface area contributed by atoms with Gasteiger partial charge in [-0.1, -0.05) is 24.3 Å². The van der Waals surface area contributed by atoms with E-state index < -0.39 is 0 Å². The molecule has 0 spiro atoms. The van der Waals surface area contributed by atoms with Crippen molar-refractivity contribution in [2.45, 2.75) is 38.1 Å². The van der Waals surface area contributed by atoms with E-state index in [9.17, 15) is 14.7 Å². The highest BCUT2D eigenvalue weighted by Crippen LogP contribution is 2.18. The van der Waals surface area contributed by atoms with Crippen LogP contribution in [0.4, 0.5) is 11.4 Å². The van der Waals surface area contributed by atoms with Crippen LogP contribution < -0.4 is 10.6 Å². The first-order valence-electron chi connectivity index (χ1n) is 11.9. The molecule has 7 nitrogen and oxygen atoms in total. The Morgan fingerprint density at radius 2 is 1.33 bits per heavy atom. The minimum atomic E-state index is -0.0505. The van der Waals surface area contributed by atoms with Crippen LogP contribution in [0.5, 0.6) is 0 Å².